The molecule has 3 aromatic rings. The van der Waals surface area contributed by atoms with Gasteiger partial charge < -0.3 is 14.8 Å². The van der Waals surface area contributed by atoms with E-state index in [1.807, 2.05) is 24.3 Å². The van der Waals surface area contributed by atoms with E-state index in [2.05, 4.69) is 15.8 Å². The van der Waals surface area contributed by atoms with E-state index < -0.39 is 0 Å². The Bertz CT molecular complexity index is 1070. The lowest BCUT2D eigenvalue weighted by atomic mass is 10.2. The fourth-order valence-electron chi connectivity index (χ4n) is 2.63. The minimum atomic E-state index is -0.335. The molecule has 0 bridgehead atoms. The Kier molecular flexibility index (Phi) is 7.61. The lowest BCUT2D eigenvalue weighted by Gasteiger charge is -2.13. The Morgan fingerprint density at radius 2 is 1.71 bits per heavy atom. The molecule has 0 aliphatic carbocycles. The molecule has 7 nitrogen and oxygen atoms in total. The highest BCUT2D eigenvalue weighted by molar-refractivity contribution is 6.32. The van der Waals surface area contributed by atoms with Gasteiger partial charge in [0.2, 0.25) is 0 Å². The van der Waals surface area contributed by atoms with Gasteiger partial charge in [0, 0.05) is 11.3 Å². The summed E-state index contributed by atoms with van der Waals surface area (Å²) >= 11 is 6.31. The number of amides is 2. The summed E-state index contributed by atoms with van der Waals surface area (Å²) < 4.78 is 10.9. The first kappa shape index (κ1) is 21.9. The summed E-state index contributed by atoms with van der Waals surface area (Å²) in [6.07, 6.45) is 1.43. The van der Waals surface area contributed by atoms with Gasteiger partial charge in [0.05, 0.1) is 18.3 Å². The molecule has 0 saturated carbocycles. The van der Waals surface area contributed by atoms with E-state index in [-0.39, 0.29) is 29.2 Å². The zero-order chi connectivity index (χ0) is 22.1. The average Bonchev–Trinajstić information content (AvgIpc) is 2.79. The van der Waals surface area contributed by atoms with Crippen LogP contribution >= 0.6 is 11.6 Å². The third-order valence-electron chi connectivity index (χ3n) is 4.07. The first-order chi connectivity index (χ1) is 15.1. The maximum absolute atomic E-state index is 12.1. The van der Waals surface area contributed by atoms with Crippen LogP contribution in [0.3, 0.4) is 0 Å². The number of methoxy groups -OCH3 is 1. The third kappa shape index (κ3) is 6.32. The molecular formula is C23H20ClN3O4. The van der Waals surface area contributed by atoms with E-state index in [9.17, 15) is 9.59 Å². The number of nitrogens with zero attached hydrogens (tertiary/aromatic N) is 1. The molecule has 3 rings (SSSR count). The molecule has 0 spiro atoms. The second-order valence-electron chi connectivity index (χ2n) is 6.30. The molecule has 0 unspecified atom stereocenters. The molecule has 0 aliphatic heterocycles. The number of halogens is 1. The number of anilines is 1. The normalized spacial score (nSPS) is 10.5. The van der Waals surface area contributed by atoms with Crippen LogP contribution in [-0.2, 0) is 4.79 Å². The fourth-order valence-corrected chi connectivity index (χ4v) is 2.90. The van der Waals surface area contributed by atoms with Crippen molar-refractivity contribution < 1.29 is 19.1 Å². The summed E-state index contributed by atoms with van der Waals surface area (Å²) in [5, 5.41) is 6.90. The molecule has 0 heterocycles. The van der Waals surface area contributed by atoms with Crippen molar-refractivity contribution in [3.63, 3.8) is 0 Å². The molecule has 31 heavy (non-hydrogen) atoms. The summed E-state index contributed by atoms with van der Waals surface area (Å²) in [7, 11) is 1.46. The van der Waals surface area contributed by atoms with Gasteiger partial charge in [-0.05, 0) is 42.0 Å². The molecule has 0 radical (unpaired) electrons. The summed E-state index contributed by atoms with van der Waals surface area (Å²) in [6, 6.07) is 21.0. The van der Waals surface area contributed by atoms with Crippen LogP contribution in [0.2, 0.25) is 5.02 Å². The second kappa shape index (κ2) is 10.8. The topological polar surface area (TPSA) is 89.0 Å². The third-order valence-corrected chi connectivity index (χ3v) is 4.35. The summed E-state index contributed by atoms with van der Waals surface area (Å²) in [5.41, 5.74) is 4.18. The predicted octanol–water partition coefficient (Wildman–Crippen LogP) is 4.13. The number of para-hydroxylation sites is 1. The van der Waals surface area contributed by atoms with Crippen LogP contribution in [0.15, 0.2) is 77.9 Å². The van der Waals surface area contributed by atoms with Crippen LogP contribution in [0.4, 0.5) is 5.69 Å². The summed E-state index contributed by atoms with van der Waals surface area (Å²) in [6.45, 7) is -0.245. The van der Waals surface area contributed by atoms with Gasteiger partial charge in [-0.2, -0.15) is 5.10 Å². The van der Waals surface area contributed by atoms with E-state index in [0.29, 0.717) is 22.6 Å². The number of carbonyl (C=O) groups is 2. The Labute approximate surface area is 184 Å². The van der Waals surface area contributed by atoms with Crippen molar-refractivity contribution in [2.75, 3.05) is 19.0 Å². The maximum atomic E-state index is 12.1. The maximum Gasteiger partial charge on any atom is 0.271 e. The molecule has 8 heteroatoms. The first-order valence-electron chi connectivity index (χ1n) is 9.30. The van der Waals surface area contributed by atoms with Crippen molar-refractivity contribution >= 4 is 35.3 Å². The number of rotatable bonds is 8. The monoisotopic (exact) mass is 437 g/mol. The number of ether oxygens (including phenoxy) is 2. The van der Waals surface area contributed by atoms with Crippen LogP contribution in [0.25, 0.3) is 0 Å². The quantitative estimate of drug-likeness (QED) is 0.409. The van der Waals surface area contributed by atoms with E-state index in [4.69, 9.17) is 21.1 Å². The molecule has 0 aromatic heterocycles. The molecule has 0 fully saturated rings. The Morgan fingerprint density at radius 3 is 2.39 bits per heavy atom. The predicted molar refractivity (Wildman–Crippen MR) is 120 cm³/mol. The van der Waals surface area contributed by atoms with E-state index in [1.54, 1.807) is 48.5 Å². The minimum Gasteiger partial charge on any atom is -0.493 e. The number of benzene rings is 3. The lowest BCUT2D eigenvalue weighted by Crippen LogP contribution is -2.20. The van der Waals surface area contributed by atoms with E-state index in [1.165, 1.54) is 13.3 Å². The standard InChI is InChI=1S/C23H20ClN3O4/c1-30-20-13-16(14-25-27-23(29)17-8-4-2-5-9-17)12-19(24)22(20)31-15-21(28)26-18-10-6-3-7-11-18/h2-14H,15H2,1H3,(H,26,28)(H,27,29)/b25-14+. The molecule has 0 atom stereocenters. The highest BCUT2D eigenvalue weighted by Crippen LogP contribution is 2.36. The van der Waals surface area contributed by atoms with Crippen LogP contribution < -0.4 is 20.2 Å². The number of carbonyl (C=O) groups excluding carboxylic acids is 2. The Balaban J connectivity index is 1.62. The van der Waals surface area contributed by atoms with Gasteiger partial charge in [0.15, 0.2) is 18.1 Å². The van der Waals surface area contributed by atoms with Crippen LogP contribution in [0.1, 0.15) is 15.9 Å². The highest BCUT2D eigenvalue weighted by Gasteiger charge is 2.14. The highest BCUT2D eigenvalue weighted by atomic mass is 35.5. The molecule has 0 aliphatic rings. The van der Waals surface area contributed by atoms with Gasteiger partial charge in [-0.3, -0.25) is 9.59 Å². The van der Waals surface area contributed by atoms with E-state index >= 15 is 0 Å². The Hall–Kier alpha value is -3.84. The molecule has 2 N–H and O–H groups in total. The average molecular weight is 438 g/mol. The molecule has 0 saturated heterocycles. The first-order valence-corrected chi connectivity index (χ1v) is 9.68. The van der Waals surface area contributed by atoms with Gasteiger partial charge in [0.1, 0.15) is 0 Å². The summed E-state index contributed by atoms with van der Waals surface area (Å²) in [4.78, 5) is 24.1. The van der Waals surface area contributed by atoms with Gasteiger partial charge in [-0.1, -0.05) is 48.0 Å². The van der Waals surface area contributed by atoms with E-state index in [0.717, 1.165) is 0 Å². The van der Waals surface area contributed by atoms with Crippen molar-refractivity contribution in [3.05, 3.63) is 88.9 Å². The fraction of sp³-hybridized carbons (Fsp3) is 0.0870. The smallest absolute Gasteiger partial charge is 0.271 e. The second-order valence-corrected chi connectivity index (χ2v) is 6.71. The number of nitrogens with one attached hydrogen (secondary N) is 2. The van der Waals surface area contributed by atoms with Crippen molar-refractivity contribution in [2.24, 2.45) is 5.10 Å². The minimum absolute atomic E-state index is 0.234. The van der Waals surface area contributed by atoms with Crippen molar-refractivity contribution in [1.29, 1.82) is 0 Å². The SMILES string of the molecule is COc1cc(/C=N/NC(=O)c2ccccc2)cc(Cl)c1OCC(=O)Nc1ccccc1. The zero-order valence-corrected chi connectivity index (χ0v) is 17.4. The Morgan fingerprint density at radius 1 is 1.03 bits per heavy atom. The van der Waals surface area contributed by atoms with Gasteiger partial charge >= 0.3 is 0 Å². The van der Waals surface area contributed by atoms with Gasteiger partial charge in [-0.25, -0.2) is 5.43 Å². The molecular weight excluding hydrogens is 418 g/mol. The molecule has 2 amide bonds. The van der Waals surface area contributed by atoms with Crippen molar-refractivity contribution in [3.8, 4) is 11.5 Å². The number of hydrogen-bond acceptors (Lipinski definition) is 5. The molecule has 3 aromatic carbocycles. The van der Waals surface area contributed by atoms with Crippen LogP contribution in [-0.4, -0.2) is 31.7 Å². The number of hydrogen-bond donors (Lipinski definition) is 2. The van der Waals surface area contributed by atoms with Gasteiger partial charge in [0.25, 0.3) is 11.8 Å². The summed E-state index contributed by atoms with van der Waals surface area (Å²) in [5.74, 6) is -0.105. The number of hydrazone groups is 1. The van der Waals surface area contributed by atoms with Crippen molar-refractivity contribution in [1.82, 2.24) is 5.43 Å². The lowest BCUT2D eigenvalue weighted by molar-refractivity contribution is -0.118. The van der Waals surface area contributed by atoms with Gasteiger partial charge in [-0.15, -0.1) is 0 Å². The van der Waals surface area contributed by atoms with Crippen LogP contribution in [0, 0.1) is 0 Å². The zero-order valence-electron chi connectivity index (χ0n) is 16.7. The molecule has 158 valence electrons. The van der Waals surface area contributed by atoms with Crippen molar-refractivity contribution in [2.45, 2.75) is 0 Å². The van der Waals surface area contributed by atoms with Crippen LogP contribution in [0.5, 0.6) is 11.5 Å². The largest absolute Gasteiger partial charge is 0.493 e.